The van der Waals surface area contributed by atoms with Crippen LogP contribution >= 0.6 is 0 Å². The highest BCUT2D eigenvalue weighted by atomic mass is 16.6. The van der Waals surface area contributed by atoms with Gasteiger partial charge in [-0.2, -0.15) is 0 Å². The van der Waals surface area contributed by atoms with Gasteiger partial charge in [-0.3, -0.25) is 9.59 Å². The predicted octanol–water partition coefficient (Wildman–Crippen LogP) is 2.27. The molecule has 0 bridgehead atoms. The minimum atomic E-state index is -0.648. The lowest BCUT2D eigenvalue weighted by Crippen LogP contribution is -2.50. The Morgan fingerprint density at radius 2 is 1.74 bits per heavy atom. The lowest BCUT2D eigenvalue weighted by molar-refractivity contribution is -0.142. The van der Waals surface area contributed by atoms with Gasteiger partial charge in [0.1, 0.15) is 11.4 Å². The molecule has 1 aliphatic heterocycles. The van der Waals surface area contributed by atoms with Gasteiger partial charge in [-0.05, 0) is 33.3 Å². The molecule has 0 saturated carbocycles. The fourth-order valence-corrected chi connectivity index (χ4v) is 3.49. The SMILES string of the molecule is COC(=O)C(CCC(N)=O)c1ccc(N2CCN(C(=O)OC(C)(C)C)CC2)cc1OC. The molecule has 2 amide bonds. The van der Waals surface area contributed by atoms with Crippen LogP contribution in [0.4, 0.5) is 10.5 Å². The van der Waals surface area contributed by atoms with E-state index >= 15 is 0 Å². The molecule has 2 N–H and O–H groups in total. The largest absolute Gasteiger partial charge is 0.496 e. The fraction of sp³-hybridized carbons (Fsp3) is 0.591. The second kappa shape index (κ2) is 10.4. The van der Waals surface area contributed by atoms with Crippen LogP contribution in [0.1, 0.15) is 45.1 Å². The van der Waals surface area contributed by atoms with E-state index < -0.39 is 23.4 Å². The minimum Gasteiger partial charge on any atom is -0.496 e. The molecule has 9 nitrogen and oxygen atoms in total. The first-order valence-electron chi connectivity index (χ1n) is 10.3. The summed E-state index contributed by atoms with van der Waals surface area (Å²) in [6.07, 6.45) is -0.000669. The summed E-state index contributed by atoms with van der Waals surface area (Å²) in [4.78, 5) is 39.6. The van der Waals surface area contributed by atoms with Crippen LogP contribution in [-0.2, 0) is 19.1 Å². The van der Waals surface area contributed by atoms with Crippen molar-refractivity contribution in [1.29, 1.82) is 0 Å². The number of benzene rings is 1. The summed E-state index contributed by atoms with van der Waals surface area (Å²) in [6.45, 7) is 7.92. The van der Waals surface area contributed by atoms with Crippen LogP contribution in [0.2, 0.25) is 0 Å². The molecule has 1 heterocycles. The summed E-state index contributed by atoms with van der Waals surface area (Å²) < 4.78 is 15.9. The number of carbonyl (C=O) groups is 3. The normalized spacial score (nSPS) is 15.3. The molecule has 0 aromatic heterocycles. The minimum absolute atomic E-state index is 0.0668. The highest BCUT2D eigenvalue weighted by molar-refractivity contribution is 5.81. The van der Waals surface area contributed by atoms with Gasteiger partial charge in [0.25, 0.3) is 0 Å². The van der Waals surface area contributed by atoms with Crippen molar-refractivity contribution in [2.45, 2.75) is 45.1 Å². The number of hydrogen-bond donors (Lipinski definition) is 1. The molecule has 1 aliphatic rings. The monoisotopic (exact) mass is 435 g/mol. The van der Waals surface area contributed by atoms with Gasteiger partial charge in [-0.15, -0.1) is 0 Å². The van der Waals surface area contributed by atoms with Crippen molar-refractivity contribution in [1.82, 2.24) is 4.90 Å². The van der Waals surface area contributed by atoms with Gasteiger partial charge in [0.05, 0.1) is 20.1 Å². The second-order valence-corrected chi connectivity index (χ2v) is 8.46. The molecular formula is C22H33N3O6. The lowest BCUT2D eigenvalue weighted by atomic mass is 9.92. The highest BCUT2D eigenvalue weighted by Gasteiger charge is 2.28. The number of rotatable bonds is 7. The number of nitrogens with zero attached hydrogens (tertiary/aromatic N) is 2. The number of primary amides is 1. The van der Waals surface area contributed by atoms with Crippen molar-refractivity contribution in [3.63, 3.8) is 0 Å². The van der Waals surface area contributed by atoms with Crippen LogP contribution < -0.4 is 15.4 Å². The smallest absolute Gasteiger partial charge is 0.410 e. The number of hydrogen-bond acceptors (Lipinski definition) is 7. The Bertz CT molecular complexity index is 797. The quantitative estimate of drug-likeness (QED) is 0.654. The van der Waals surface area contributed by atoms with Crippen LogP contribution in [0, 0.1) is 0 Å². The van der Waals surface area contributed by atoms with Crippen LogP contribution in [0.3, 0.4) is 0 Å². The van der Waals surface area contributed by atoms with Gasteiger partial charge in [0, 0.05) is 49.9 Å². The zero-order chi connectivity index (χ0) is 23.2. The summed E-state index contributed by atoms with van der Waals surface area (Å²) in [5.41, 5.74) is 6.29. The van der Waals surface area contributed by atoms with Crippen molar-refractivity contribution in [3.8, 4) is 5.75 Å². The summed E-state index contributed by atoms with van der Waals surface area (Å²) in [5.74, 6) is -1.04. The summed E-state index contributed by atoms with van der Waals surface area (Å²) in [7, 11) is 2.84. The van der Waals surface area contributed by atoms with Crippen molar-refractivity contribution < 1.29 is 28.6 Å². The van der Waals surface area contributed by atoms with Gasteiger partial charge >= 0.3 is 12.1 Å². The van der Waals surface area contributed by atoms with E-state index in [0.29, 0.717) is 37.5 Å². The van der Waals surface area contributed by atoms with Gasteiger partial charge in [-0.1, -0.05) is 6.07 Å². The Morgan fingerprint density at radius 3 is 2.26 bits per heavy atom. The van der Waals surface area contributed by atoms with E-state index in [4.69, 9.17) is 19.9 Å². The second-order valence-electron chi connectivity index (χ2n) is 8.46. The third-order valence-corrected chi connectivity index (χ3v) is 5.05. The summed E-state index contributed by atoms with van der Waals surface area (Å²) in [6, 6.07) is 5.58. The number of nitrogens with two attached hydrogens (primary N) is 1. The van der Waals surface area contributed by atoms with Gasteiger partial charge in [0.15, 0.2) is 0 Å². The number of ether oxygens (including phenoxy) is 3. The molecule has 0 spiro atoms. The zero-order valence-electron chi connectivity index (χ0n) is 19.0. The molecule has 172 valence electrons. The van der Waals surface area contributed by atoms with Crippen molar-refractivity contribution in [2.75, 3.05) is 45.3 Å². The van der Waals surface area contributed by atoms with E-state index in [2.05, 4.69) is 4.90 Å². The Hall–Kier alpha value is -2.97. The van der Waals surface area contributed by atoms with Gasteiger partial charge in [0.2, 0.25) is 5.91 Å². The van der Waals surface area contributed by atoms with Crippen LogP contribution in [0.5, 0.6) is 5.75 Å². The Labute approximate surface area is 183 Å². The maximum atomic E-state index is 12.3. The molecule has 0 radical (unpaired) electrons. The Kier molecular flexibility index (Phi) is 8.13. The first kappa shape index (κ1) is 24.3. The van der Waals surface area contributed by atoms with Crippen molar-refractivity contribution in [3.05, 3.63) is 23.8 Å². The van der Waals surface area contributed by atoms with E-state index in [1.165, 1.54) is 14.2 Å². The maximum absolute atomic E-state index is 12.3. The highest BCUT2D eigenvalue weighted by Crippen LogP contribution is 2.34. The molecule has 1 saturated heterocycles. The molecule has 1 unspecified atom stereocenters. The number of piperazine rings is 1. The fourth-order valence-electron chi connectivity index (χ4n) is 3.49. The predicted molar refractivity (Wildman–Crippen MR) is 116 cm³/mol. The molecule has 1 fully saturated rings. The van der Waals surface area contributed by atoms with Crippen LogP contribution in [-0.4, -0.2) is 68.9 Å². The summed E-state index contributed by atoms with van der Waals surface area (Å²) >= 11 is 0. The topological polar surface area (TPSA) is 111 Å². The van der Waals surface area contributed by atoms with Crippen LogP contribution in [0.25, 0.3) is 0 Å². The van der Waals surface area contributed by atoms with E-state index in [1.54, 1.807) is 4.90 Å². The number of anilines is 1. The number of esters is 1. The zero-order valence-corrected chi connectivity index (χ0v) is 19.0. The Balaban J connectivity index is 2.13. The molecule has 1 aromatic rings. The molecular weight excluding hydrogens is 402 g/mol. The van der Waals surface area contributed by atoms with E-state index in [9.17, 15) is 14.4 Å². The lowest BCUT2D eigenvalue weighted by Gasteiger charge is -2.37. The van der Waals surface area contributed by atoms with E-state index in [1.807, 2.05) is 39.0 Å². The van der Waals surface area contributed by atoms with E-state index in [-0.39, 0.29) is 18.9 Å². The van der Waals surface area contributed by atoms with E-state index in [0.717, 1.165) is 5.69 Å². The number of methoxy groups -OCH3 is 2. The van der Waals surface area contributed by atoms with Crippen LogP contribution in [0.15, 0.2) is 18.2 Å². The maximum Gasteiger partial charge on any atom is 0.410 e. The average molecular weight is 436 g/mol. The molecule has 1 aromatic carbocycles. The standard InChI is InChI=1S/C22H33N3O6/c1-22(2,3)31-21(28)25-12-10-24(11-13-25)15-6-7-16(18(14-15)29-4)17(20(27)30-5)8-9-19(23)26/h6-7,14,17H,8-13H2,1-5H3,(H2,23,26). The average Bonchev–Trinajstić information content (AvgIpc) is 2.72. The molecule has 2 rings (SSSR count). The first-order valence-corrected chi connectivity index (χ1v) is 10.3. The van der Waals surface area contributed by atoms with Gasteiger partial charge < -0.3 is 29.7 Å². The molecule has 9 heteroatoms. The van der Waals surface area contributed by atoms with Crippen molar-refractivity contribution >= 4 is 23.7 Å². The third kappa shape index (κ3) is 6.77. The molecule has 0 aliphatic carbocycles. The van der Waals surface area contributed by atoms with Gasteiger partial charge in [-0.25, -0.2) is 4.79 Å². The number of carbonyl (C=O) groups excluding carboxylic acids is 3. The first-order chi connectivity index (χ1) is 14.6. The third-order valence-electron chi connectivity index (χ3n) is 5.05. The molecule has 1 atom stereocenters. The number of amides is 2. The Morgan fingerprint density at radius 1 is 1.10 bits per heavy atom. The summed E-state index contributed by atoms with van der Waals surface area (Å²) in [5, 5.41) is 0. The van der Waals surface area contributed by atoms with Crippen molar-refractivity contribution in [2.24, 2.45) is 5.73 Å². The molecule has 31 heavy (non-hydrogen) atoms.